The van der Waals surface area contributed by atoms with E-state index in [1.165, 1.54) is 19.2 Å². The van der Waals surface area contributed by atoms with Crippen molar-refractivity contribution in [1.29, 1.82) is 0 Å². The second-order valence-corrected chi connectivity index (χ2v) is 9.88. The van der Waals surface area contributed by atoms with E-state index in [0.29, 0.717) is 34.2 Å². The topological polar surface area (TPSA) is 102 Å². The number of rotatable bonds is 5. The van der Waals surface area contributed by atoms with Crippen LogP contribution in [0.2, 0.25) is 0 Å². The number of hydrogen-bond donors (Lipinski definition) is 2. The largest absolute Gasteiger partial charge is 0.497 e. The van der Waals surface area contributed by atoms with E-state index in [4.69, 9.17) is 4.74 Å². The van der Waals surface area contributed by atoms with E-state index in [0.717, 1.165) is 4.68 Å². The van der Waals surface area contributed by atoms with Crippen LogP contribution in [0.25, 0.3) is 16.8 Å². The molecule has 0 unspecified atom stereocenters. The molecule has 4 aromatic rings. The van der Waals surface area contributed by atoms with Crippen LogP contribution in [0.3, 0.4) is 0 Å². The third-order valence-electron chi connectivity index (χ3n) is 5.82. The summed E-state index contributed by atoms with van der Waals surface area (Å²) in [5.74, 6) is -0.315. The Hall–Kier alpha value is -4.16. The zero-order valence-corrected chi connectivity index (χ0v) is 20.0. The molecule has 37 heavy (non-hydrogen) atoms. The Bertz CT molecular complexity index is 1600. The van der Waals surface area contributed by atoms with Gasteiger partial charge in [0.15, 0.2) is 5.69 Å². The van der Waals surface area contributed by atoms with E-state index in [9.17, 15) is 26.4 Å². The molecule has 0 fully saturated rings. The number of sulfonamides is 1. The highest BCUT2D eigenvalue weighted by Crippen LogP contribution is 2.34. The Labute approximate surface area is 209 Å². The van der Waals surface area contributed by atoms with Gasteiger partial charge in [0.25, 0.3) is 5.91 Å². The minimum Gasteiger partial charge on any atom is -0.497 e. The van der Waals surface area contributed by atoms with E-state index in [2.05, 4.69) is 15.1 Å². The number of benzene rings is 3. The predicted octanol–water partition coefficient (Wildman–Crippen LogP) is 4.61. The van der Waals surface area contributed by atoms with Gasteiger partial charge in [0.2, 0.25) is 10.0 Å². The fourth-order valence-corrected chi connectivity index (χ4v) is 5.49. The lowest BCUT2D eigenvalue weighted by atomic mass is 10.0. The Balaban J connectivity index is 1.44. The second kappa shape index (κ2) is 9.05. The van der Waals surface area contributed by atoms with Gasteiger partial charge in [0.1, 0.15) is 11.4 Å². The van der Waals surface area contributed by atoms with Gasteiger partial charge in [-0.1, -0.05) is 30.3 Å². The highest BCUT2D eigenvalue weighted by Gasteiger charge is 2.36. The number of carbonyl (C=O) groups excluding carboxylic acids is 1. The SMILES string of the molecule is COc1ccc(-n2nc(C(F)(F)F)cc2C(=O)Nc2ccc(-c3cccc4c3S(=O)(=O)NC4)cc2)cc1. The van der Waals surface area contributed by atoms with Crippen molar-refractivity contribution < 1.29 is 31.1 Å². The van der Waals surface area contributed by atoms with Crippen LogP contribution in [0, 0.1) is 0 Å². The van der Waals surface area contributed by atoms with Crippen molar-refractivity contribution in [3.8, 4) is 22.6 Å². The minimum atomic E-state index is -4.75. The van der Waals surface area contributed by atoms with Crippen LogP contribution in [0.4, 0.5) is 18.9 Å². The zero-order chi connectivity index (χ0) is 26.4. The number of aromatic nitrogens is 2. The maximum absolute atomic E-state index is 13.4. The highest BCUT2D eigenvalue weighted by molar-refractivity contribution is 7.90. The summed E-state index contributed by atoms with van der Waals surface area (Å²) in [5.41, 5.74) is 0.777. The lowest BCUT2D eigenvalue weighted by Crippen LogP contribution is -2.17. The molecule has 1 aromatic heterocycles. The van der Waals surface area contributed by atoms with Gasteiger partial charge in [0, 0.05) is 23.9 Å². The molecule has 0 radical (unpaired) electrons. The van der Waals surface area contributed by atoms with Gasteiger partial charge in [-0.2, -0.15) is 18.3 Å². The molecule has 2 heterocycles. The van der Waals surface area contributed by atoms with Gasteiger partial charge < -0.3 is 10.1 Å². The summed E-state index contributed by atoms with van der Waals surface area (Å²) < 4.78 is 73.5. The molecule has 0 aliphatic carbocycles. The van der Waals surface area contributed by atoms with Gasteiger partial charge >= 0.3 is 6.18 Å². The molecule has 1 aliphatic heterocycles. The van der Waals surface area contributed by atoms with E-state index in [1.807, 2.05) is 0 Å². The summed E-state index contributed by atoms with van der Waals surface area (Å²) in [6.07, 6.45) is -4.75. The summed E-state index contributed by atoms with van der Waals surface area (Å²) in [6.45, 7) is 0.210. The molecule has 3 aromatic carbocycles. The van der Waals surface area contributed by atoms with Gasteiger partial charge in [-0.15, -0.1) is 0 Å². The maximum atomic E-state index is 13.4. The first-order chi connectivity index (χ1) is 17.6. The summed E-state index contributed by atoms with van der Waals surface area (Å²) in [4.78, 5) is 13.2. The maximum Gasteiger partial charge on any atom is 0.435 e. The molecule has 2 N–H and O–H groups in total. The van der Waals surface area contributed by atoms with Crippen LogP contribution >= 0.6 is 0 Å². The van der Waals surface area contributed by atoms with Crippen molar-refractivity contribution in [2.45, 2.75) is 17.6 Å². The standard InChI is InChI=1S/C25H19F3N4O4S/c1-36-19-11-9-18(10-12-19)32-21(13-22(31-32)25(26,27)28)24(33)30-17-7-5-15(6-8-17)20-4-2-3-16-14-29-37(34,35)23(16)20/h2-13,29H,14H2,1H3,(H,30,33). The van der Waals surface area contributed by atoms with Gasteiger partial charge in [-0.25, -0.2) is 17.8 Å². The Morgan fingerprint density at radius 1 is 1.05 bits per heavy atom. The van der Waals surface area contributed by atoms with Crippen molar-refractivity contribution in [1.82, 2.24) is 14.5 Å². The summed E-state index contributed by atoms with van der Waals surface area (Å²) >= 11 is 0. The Morgan fingerprint density at radius 3 is 2.41 bits per heavy atom. The number of hydrogen-bond acceptors (Lipinski definition) is 5. The Kier molecular flexibility index (Phi) is 6.00. The number of alkyl halides is 3. The van der Waals surface area contributed by atoms with Crippen LogP contribution < -0.4 is 14.8 Å². The third kappa shape index (κ3) is 4.68. The molecule has 0 atom stereocenters. The number of ether oxygens (including phenoxy) is 1. The molecular formula is C25H19F3N4O4S. The molecular weight excluding hydrogens is 509 g/mol. The molecule has 5 rings (SSSR count). The highest BCUT2D eigenvalue weighted by atomic mass is 32.2. The van der Waals surface area contributed by atoms with Crippen molar-refractivity contribution in [3.05, 3.63) is 89.7 Å². The lowest BCUT2D eigenvalue weighted by molar-refractivity contribution is -0.141. The average Bonchev–Trinajstić information content (AvgIpc) is 3.47. The van der Waals surface area contributed by atoms with E-state index >= 15 is 0 Å². The molecule has 0 spiro atoms. The smallest absolute Gasteiger partial charge is 0.435 e. The van der Waals surface area contributed by atoms with Crippen molar-refractivity contribution in [2.24, 2.45) is 0 Å². The van der Waals surface area contributed by atoms with Crippen LogP contribution in [-0.2, 0) is 22.7 Å². The number of fused-ring (bicyclic) bond motifs is 1. The fraction of sp³-hybridized carbons (Fsp3) is 0.120. The summed E-state index contributed by atoms with van der Waals surface area (Å²) in [6, 6.07) is 18.2. The lowest BCUT2D eigenvalue weighted by Gasteiger charge is -2.11. The monoisotopic (exact) mass is 528 g/mol. The van der Waals surface area contributed by atoms with E-state index < -0.39 is 27.8 Å². The molecule has 190 valence electrons. The van der Waals surface area contributed by atoms with Crippen molar-refractivity contribution in [3.63, 3.8) is 0 Å². The zero-order valence-electron chi connectivity index (χ0n) is 19.2. The Morgan fingerprint density at radius 2 is 1.76 bits per heavy atom. The molecule has 1 aliphatic rings. The number of anilines is 1. The molecule has 0 saturated carbocycles. The van der Waals surface area contributed by atoms with Crippen LogP contribution in [-0.4, -0.2) is 31.2 Å². The molecule has 0 bridgehead atoms. The number of nitrogens with zero attached hydrogens (tertiary/aromatic N) is 2. The van der Waals surface area contributed by atoms with E-state index in [-0.39, 0.29) is 22.8 Å². The minimum absolute atomic E-state index is 0.204. The summed E-state index contributed by atoms with van der Waals surface area (Å²) in [7, 11) is -2.17. The molecule has 8 nitrogen and oxygen atoms in total. The van der Waals surface area contributed by atoms with Crippen LogP contribution in [0.5, 0.6) is 5.75 Å². The van der Waals surface area contributed by atoms with Crippen LogP contribution in [0.1, 0.15) is 21.7 Å². The quantitative estimate of drug-likeness (QED) is 0.394. The second-order valence-electron chi connectivity index (χ2n) is 8.17. The number of halogens is 3. The normalized spacial score (nSPS) is 14.3. The van der Waals surface area contributed by atoms with Gasteiger partial charge in [-0.3, -0.25) is 4.79 Å². The first kappa shape index (κ1) is 24.5. The first-order valence-corrected chi connectivity index (χ1v) is 12.4. The fourth-order valence-electron chi connectivity index (χ4n) is 4.04. The first-order valence-electron chi connectivity index (χ1n) is 10.9. The number of nitrogens with one attached hydrogen (secondary N) is 2. The predicted molar refractivity (Wildman–Crippen MR) is 129 cm³/mol. The average molecular weight is 529 g/mol. The summed E-state index contributed by atoms with van der Waals surface area (Å²) in [5, 5.41) is 6.18. The third-order valence-corrected chi connectivity index (χ3v) is 7.37. The number of amides is 1. The van der Waals surface area contributed by atoms with Crippen molar-refractivity contribution in [2.75, 3.05) is 12.4 Å². The molecule has 0 saturated heterocycles. The van der Waals surface area contributed by atoms with Crippen molar-refractivity contribution >= 4 is 21.6 Å². The molecule has 1 amide bonds. The van der Waals surface area contributed by atoms with Gasteiger partial charge in [0.05, 0.1) is 17.7 Å². The van der Waals surface area contributed by atoms with Gasteiger partial charge in [-0.05, 0) is 47.5 Å². The van der Waals surface area contributed by atoms with E-state index in [1.54, 1.807) is 54.6 Å². The van der Waals surface area contributed by atoms with Crippen LogP contribution in [0.15, 0.2) is 77.7 Å². The number of methoxy groups -OCH3 is 1. The number of carbonyl (C=O) groups is 1. The molecule has 12 heteroatoms.